The van der Waals surface area contributed by atoms with Gasteiger partial charge in [0.1, 0.15) is 5.69 Å². The number of nitro groups is 1. The number of piperidine rings is 1. The molecule has 0 aromatic heterocycles. The Kier molecular flexibility index (Phi) is 4.04. The number of nitro benzene ring substituents is 1. The zero-order valence-electron chi connectivity index (χ0n) is 10.8. The lowest BCUT2D eigenvalue weighted by atomic mass is 10.1. The van der Waals surface area contributed by atoms with Crippen molar-refractivity contribution in [1.82, 2.24) is 0 Å². The SMILES string of the molecule is NC(=NO)c1ccc(N2CCC(O)CC2)c([N+](=O)[O-])c1. The minimum Gasteiger partial charge on any atom is -0.409 e. The van der Waals surface area contributed by atoms with Gasteiger partial charge in [-0.3, -0.25) is 10.1 Å². The second-order valence-corrected chi connectivity index (χ2v) is 4.66. The molecule has 1 aliphatic rings. The van der Waals surface area contributed by atoms with E-state index >= 15 is 0 Å². The van der Waals surface area contributed by atoms with Gasteiger partial charge in [-0.25, -0.2) is 0 Å². The van der Waals surface area contributed by atoms with E-state index in [1.807, 2.05) is 4.90 Å². The third-order valence-electron chi connectivity index (χ3n) is 3.38. The normalized spacial score (nSPS) is 17.2. The highest BCUT2D eigenvalue weighted by molar-refractivity contribution is 5.98. The van der Waals surface area contributed by atoms with Crippen molar-refractivity contribution in [3.05, 3.63) is 33.9 Å². The molecule has 108 valence electrons. The van der Waals surface area contributed by atoms with E-state index < -0.39 is 4.92 Å². The number of nitrogens with zero attached hydrogens (tertiary/aromatic N) is 3. The molecule has 0 atom stereocenters. The minimum atomic E-state index is -0.492. The summed E-state index contributed by atoms with van der Waals surface area (Å²) < 4.78 is 0. The number of benzene rings is 1. The van der Waals surface area contributed by atoms with Gasteiger partial charge in [0.2, 0.25) is 0 Å². The Morgan fingerprint density at radius 2 is 2.10 bits per heavy atom. The molecule has 1 saturated heterocycles. The molecule has 20 heavy (non-hydrogen) atoms. The third-order valence-corrected chi connectivity index (χ3v) is 3.38. The second kappa shape index (κ2) is 5.74. The van der Waals surface area contributed by atoms with Gasteiger partial charge >= 0.3 is 0 Å². The fourth-order valence-corrected chi connectivity index (χ4v) is 2.26. The smallest absolute Gasteiger partial charge is 0.293 e. The number of rotatable bonds is 3. The van der Waals surface area contributed by atoms with Gasteiger partial charge in [0, 0.05) is 24.7 Å². The van der Waals surface area contributed by atoms with Crippen molar-refractivity contribution in [3.8, 4) is 0 Å². The summed E-state index contributed by atoms with van der Waals surface area (Å²) in [6, 6.07) is 4.45. The van der Waals surface area contributed by atoms with Crippen LogP contribution in [0.3, 0.4) is 0 Å². The van der Waals surface area contributed by atoms with Gasteiger partial charge in [-0.2, -0.15) is 0 Å². The number of aliphatic hydroxyl groups excluding tert-OH is 1. The van der Waals surface area contributed by atoms with Crippen molar-refractivity contribution >= 4 is 17.2 Å². The molecule has 0 aliphatic carbocycles. The Morgan fingerprint density at radius 1 is 1.45 bits per heavy atom. The lowest BCUT2D eigenvalue weighted by Crippen LogP contribution is -2.36. The highest BCUT2D eigenvalue weighted by Gasteiger charge is 2.24. The molecule has 0 bridgehead atoms. The van der Waals surface area contributed by atoms with Crippen LogP contribution in [0.4, 0.5) is 11.4 Å². The highest BCUT2D eigenvalue weighted by Crippen LogP contribution is 2.31. The van der Waals surface area contributed by atoms with E-state index in [0.717, 1.165) is 0 Å². The zero-order chi connectivity index (χ0) is 14.7. The molecule has 1 heterocycles. The van der Waals surface area contributed by atoms with Crippen molar-refractivity contribution in [3.63, 3.8) is 0 Å². The van der Waals surface area contributed by atoms with E-state index in [2.05, 4.69) is 5.16 Å². The summed E-state index contributed by atoms with van der Waals surface area (Å²) in [6.07, 6.45) is 0.819. The Morgan fingerprint density at radius 3 is 2.65 bits per heavy atom. The van der Waals surface area contributed by atoms with Gasteiger partial charge < -0.3 is 20.9 Å². The lowest BCUT2D eigenvalue weighted by molar-refractivity contribution is -0.384. The molecule has 1 fully saturated rings. The number of hydrogen-bond donors (Lipinski definition) is 3. The zero-order valence-corrected chi connectivity index (χ0v) is 10.8. The van der Waals surface area contributed by atoms with Gasteiger partial charge in [-0.1, -0.05) is 5.16 Å². The van der Waals surface area contributed by atoms with E-state index in [0.29, 0.717) is 37.2 Å². The standard InChI is InChI=1S/C12H16N4O4/c13-12(14-18)8-1-2-10(11(7-8)16(19)20)15-5-3-9(17)4-6-15/h1-2,7,9,17-18H,3-6H2,(H2,13,14). The maximum atomic E-state index is 11.2. The molecule has 1 aromatic rings. The first kappa shape index (κ1) is 14.1. The summed E-state index contributed by atoms with van der Waals surface area (Å²) in [5, 5.41) is 32.1. The molecule has 0 amide bonds. The van der Waals surface area contributed by atoms with Crippen molar-refractivity contribution in [2.45, 2.75) is 18.9 Å². The Bertz CT molecular complexity index is 538. The van der Waals surface area contributed by atoms with Crippen molar-refractivity contribution in [2.75, 3.05) is 18.0 Å². The third kappa shape index (κ3) is 2.80. The van der Waals surface area contributed by atoms with Crippen LogP contribution in [-0.2, 0) is 0 Å². The average molecular weight is 280 g/mol. The van der Waals surface area contributed by atoms with Gasteiger partial charge in [0.15, 0.2) is 5.84 Å². The van der Waals surface area contributed by atoms with E-state index in [-0.39, 0.29) is 17.6 Å². The average Bonchev–Trinajstić information content (AvgIpc) is 2.46. The van der Waals surface area contributed by atoms with E-state index in [4.69, 9.17) is 10.9 Å². The molecular formula is C12H16N4O4. The van der Waals surface area contributed by atoms with Crippen LogP contribution in [0, 0.1) is 10.1 Å². The maximum absolute atomic E-state index is 11.2. The van der Waals surface area contributed by atoms with E-state index in [1.54, 1.807) is 12.1 Å². The fourth-order valence-electron chi connectivity index (χ4n) is 2.26. The van der Waals surface area contributed by atoms with Crippen LogP contribution in [0.2, 0.25) is 0 Å². The topological polar surface area (TPSA) is 125 Å². The van der Waals surface area contributed by atoms with E-state index in [9.17, 15) is 15.2 Å². The number of aliphatic hydroxyl groups is 1. The Balaban J connectivity index is 2.35. The first-order chi connectivity index (χ1) is 9.52. The first-order valence-electron chi connectivity index (χ1n) is 6.22. The van der Waals surface area contributed by atoms with Crippen LogP contribution in [0.15, 0.2) is 23.4 Å². The van der Waals surface area contributed by atoms with Crippen molar-refractivity contribution in [1.29, 1.82) is 0 Å². The van der Waals surface area contributed by atoms with Crippen molar-refractivity contribution < 1.29 is 15.2 Å². The molecule has 0 spiro atoms. The molecular weight excluding hydrogens is 264 g/mol. The van der Waals surface area contributed by atoms with Crippen LogP contribution in [0.5, 0.6) is 0 Å². The van der Waals surface area contributed by atoms with Crippen LogP contribution < -0.4 is 10.6 Å². The van der Waals surface area contributed by atoms with Crippen LogP contribution >= 0.6 is 0 Å². The molecule has 0 saturated carbocycles. The highest BCUT2D eigenvalue weighted by atomic mass is 16.6. The number of oxime groups is 1. The van der Waals surface area contributed by atoms with Crippen LogP contribution in [0.25, 0.3) is 0 Å². The van der Waals surface area contributed by atoms with Gasteiger partial charge in [0.25, 0.3) is 5.69 Å². The predicted molar refractivity (Wildman–Crippen MR) is 73.1 cm³/mol. The minimum absolute atomic E-state index is 0.0921. The predicted octanol–water partition coefficient (Wildman–Crippen LogP) is 0.650. The molecule has 1 aliphatic heterocycles. The molecule has 2 rings (SSSR count). The molecule has 0 unspecified atom stereocenters. The fraction of sp³-hybridized carbons (Fsp3) is 0.417. The molecule has 8 nitrogen and oxygen atoms in total. The summed E-state index contributed by atoms with van der Waals surface area (Å²) in [5.41, 5.74) is 6.12. The Hall–Kier alpha value is -2.35. The van der Waals surface area contributed by atoms with Gasteiger partial charge in [-0.05, 0) is 25.0 Å². The summed E-state index contributed by atoms with van der Waals surface area (Å²) >= 11 is 0. The number of hydrogen-bond acceptors (Lipinski definition) is 6. The summed E-state index contributed by atoms with van der Waals surface area (Å²) in [7, 11) is 0. The summed E-state index contributed by atoms with van der Waals surface area (Å²) in [6.45, 7) is 1.12. The number of anilines is 1. The van der Waals surface area contributed by atoms with Crippen LogP contribution in [-0.4, -0.2) is 40.3 Å². The van der Waals surface area contributed by atoms with E-state index in [1.165, 1.54) is 6.07 Å². The largest absolute Gasteiger partial charge is 0.409 e. The van der Waals surface area contributed by atoms with Gasteiger partial charge in [-0.15, -0.1) is 0 Å². The molecule has 1 aromatic carbocycles. The summed E-state index contributed by atoms with van der Waals surface area (Å²) in [5.74, 6) is -0.172. The summed E-state index contributed by atoms with van der Waals surface area (Å²) in [4.78, 5) is 12.5. The van der Waals surface area contributed by atoms with Gasteiger partial charge in [0.05, 0.1) is 11.0 Å². The monoisotopic (exact) mass is 280 g/mol. The number of amidine groups is 1. The number of nitrogens with two attached hydrogens (primary N) is 1. The Labute approximate surface area is 115 Å². The first-order valence-corrected chi connectivity index (χ1v) is 6.22. The van der Waals surface area contributed by atoms with Crippen LogP contribution in [0.1, 0.15) is 18.4 Å². The van der Waals surface area contributed by atoms with Crippen molar-refractivity contribution in [2.24, 2.45) is 10.9 Å². The quantitative estimate of drug-likeness (QED) is 0.245. The second-order valence-electron chi connectivity index (χ2n) is 4.66. The maximum Gasteiger partial charge on any atom is 0.293 e. The molecule has 4 N–H and O–H groups in total. The molecule has 0 radical (unpaired) electrons. The lowest BCUT2D eigenvalue weighted by Gasteiger charge is -2.31. The molecule has 8 heteroatoms.